The molecule has 1 aliphatic heterocycles. The topological polar surface area (TPSA) is 126 Å². The number of benzene rings is 2. The molecule has 2 aromatic carbocycles. The van der Waals surface area contributed by atoms with E-state index in [2.05, 4.69) is 15.8 Å². The van der Waals surface area contributed by atoms with E-state index >= 15 is 0 Å². The molecule has 0 spiro atoms. The van der Waals surface area contributed by atoms with Crippen LogP contribution in [-0.4, -0.2) is 65.6 Å². The minimum absolute atomic E-state index is 0.0870. The lowest BCUT2D eigenvalue weighted by Gasteiger charge is -2.16. The highest BCUT2D eigenvalue weighted by molar-refractivity contribution is 7.92. The largest absolute Gasteiger partial charge is 0.484 e. The van der Waals surface area contributed by atoms with Crippen molar-refractivity contribution in [1.29, 1.82) is 0 Å². The van der Waals surface area contributed by atoms with Crippen LogP contribution in [0.1, 0.15) is 28.8 Å². The van der Waals surface area contributed by atoms with Crippen LogP contribution in [0.2, 0.25) is 0 Å². The molecule has 0 bridgehead atoms. The minimum Gasteiger partial charge on any atom is -0.484 e. The summed E-state index contributed by atoms with van der Waals surface area (Å²) >= 11 is 0. The summed E-state index contributed by atoms with van der Waals surface area (Å²) in [5, 5.41) is 6.73. The van der Waals surface area contributed by atoms with Crippen LogP contribution in [0.15, 0.2) is 53.6 Å². The third kappa shape index (κ3) is 7.56. The van der Waals surface area contributed by atoms with Gasteiger partial charge in [0.2, 0.25) is 10.0 Å². The van der Waals surface area contributed by atoms with E-state index in [1.54, 1.807) is 36.4 Å². The van der Waals surface area contributed by atoms with Crippen LogP contribution < -0.4 is 19.8 Å². The summed E-state index contributed by atoms with van der Waals surface area (Å²) in [5.74, 6) is -0.105. The molecule has 182 valence electrons. The Morgan fingerprint density at radius 3 is 2.50 bits per heavy atom. The normalized spacial score (nSPS) is 15.8. The van der Waals surface area contributed by atoms with Gasteiger partial charge in [0, 0.05) is 25.8 Å². The lowest BCUT2D eigenvalue weighted by molar-refractivity contribution is -0.123. The van der Waals surface area contributed by atoms with E-state index in [4.69, 9.17) is 9.47 Å². The van der Waals surface area contributed by atoms with E-state index in [-0.39, 0.29) is 18.6 Å². The van der Waals surface area contributed by atoms with Crippen molar-refractivity contribution in [3.63, 3.8) is 0 Å². The molecule has 1 fully saturated rings. The van der Waals surface area contributed by atoms with Crippen LogP contribution in [0.25, 0.3) is 0 Å². The number of rotatable bonds is 10. The van der Waals surface area contributed by atoms with Crippen molar-refractivity contribution in [1.82, 2.24) is 10.7 Å². The summed E-state index contributed by atoms with van der Waals surface area (Å²) in [4.78, 5) is 24.1. The van der Waals surface area contributed by atoms with E-state index in [1.807, 2.05) is 0 Å². The summed E-state index contributed by atoms with van der Waals surface area (Å²) in [7, 11) is -1.94. The molecule has 0 saturated carbocycles. The molecule has 2 N–H and O–H groups in total. The molecule has 0 radical (unpaired) electrons. The summed E-state index contributed by atoms with van der Waals surface area (Å²) < 4.78 is 35.2. The Labute approximate surface area is 199 Å². The number of nitrogens with zero attached hydrogens (tertiary/aromatic N) is 2. The fraction of sp³-hybridized carbons (Fsp3) is 0.348. The Morgan fingerprint density at radius 2 is 1.88 bits per heavy atom. The maximum absolute atomic E-state index is 12.2. The molecule has 2 aromatic rings. The number of nitrogens with one attached hydrogen (secondary N) is 2. The molecule has 34 heavy (non-hydrogen) atoms. The van der Waals surface area contributed by atoms with Gasteiger partial charge in [-0.1, -0.05) is 0 Å². The molecule has 11 heteroatoms. The number of carbonyl (C=O) groups is 2. The van der Waals surface area contributed by atoms with Crippen LogP contribution in [0.5, 0.6) is 5.75 Å². The molecule has 10 nitrogen and oxygen atoms in total. The number of hydrazone groups is 1. The van der Waals surface area contributed by atoms with Crippen molar-refractivity contribution in [3.8, 4) is 5.75 Å². The Balaban J connectivity index is 1.43. The maximum Gasteiger partial charge on any atom is 0.271 e. The van der Waals surface area contributed by atoms with E-state index in [9.17, 15) is 18.0 Å². The van der Waals surface area contributed by atoms with Gasteiger partial charge in [-0.3, -0.25) is 13.9 Å². The highest BCUT2D eigenvalue weighted by atomic mass is 32.2. The van der Waals surface area contributed by atoms with Crippen molar-refractivity contribution >= 4 is 33.7 Å². The first-order valence-electron chi connectivity index (χ1n) is 10.7. The number of ether oxygens (including phenoxy) is 2. The molecule has 3 rings (SSSR count). The van der Waals surface area contributed by atoms with Crippen molar-refractivity contribution in [3.05, 3.63) is 59.7 Å². The second kappa shape index (κ2) is 11.6. The Morgan fingerprint density at radius 1 is 1.18 bits per heavy atom. The van der Waals surface area contributed by atoms with E-state index < -0.39 is 15.9 Å². The second-order valence-electron chi connectivity index (χ2n) is 7.77. The molecule has 0 aliphatic carbocycles. The van der Waals surface area contributed by atoms with Gasteiger partial charge in [-0.05, 0) is 66.9 Å². The van der Waals surface area contributed by atoms with Crippen LogP contribution in [0.3, 0.4) is 0 Å². The molecular weight excluding hydrogens is 460 g/mol. The number of amides is 2. The lowest BCUT2D eigenvalue weighted by Crippen LogP contribution is -2.35. The molecule has 0 unspecified atom stereocenters. The molecule has 1 heterocycles. The molecule has 0 aromatic heterocycles. The average molecular weight is 489 g/mol. The van der Waals surface area contributed by atoms with Crippen molar-refractivity contribution in [2.24, 2.45) is 5.10 Å². The highest BCUT2D eigenvalue weighted by Gasteiger charge is 2.16. The number of sulfonamides is 1. The monoisotopic (exact) mass is 488 g/mol. The molecule has 1 atom stereocenters. The van der Waals surface area contributed by atoms with E-state index in [1.165, 1.54) is 25.4 Å². The first-order chi connectivity index (χ1) is 16.2. The Kier molecular flexibility index (Phi) is 8.61. The van der Waals surface area contributed by atoms with Crippen molar-refractivity contribution in [2.45, 2.75) is 18.9 Å². The zero-order chi connectivity index (χ0) is 24.6. The molecule has 1 saturated heterocycles. The summed E-state index contributed by atoms with van der Waals surface area (Å²) in [6.07, 6.45) is 4.64. The summed E-state index contributed by atoms with van der Waals surface area (Å²) in [6.45, 7) is 1.15. The van der Waals surface area contributed by atoms with Gasteiger partial charge in [0.15, 0.2) is 6.61 Å². The number of anilines is 1. The SMILES string of the molecule is CN(c1ccc(C(=O)N/N=C\c2ccc(OCC(=O)NC[C@H]3CCCO3)cc2)cc1)S(C)(=O)=O. The standard InChI is InChI=1S/C23H28N4O6S/c1-27(34(2,30)31)19-9-7-18(8-10-19)23(29)26-25-14-17-5-11-20(12-6-17)33-16-22(28)24-15-21-4-3-13-32-21/h5-12,14,21H,3-4,13,15-16H2,1-2H3,(H,24,28)(H,26,29)/b25-14-/t21-/m1/s1. The van der Waals surface area contributed by atoms with Crippen LogP contribution in [-0.2, 0) is 19.6 Å². The highest BCUT2D eigenvalue weighted by Crippen LogP contribution is 2.16. The van der Waals surface area contributed by atoms with E-state index in [0.29, 0.717) is 23.5 Å². The third-order valence-electron chi connectivity index (χ3n) is 5.17. The predicted octanol–water partition coefficient (Wildman–Crippen LogP) is 1.52. The first-order valence-corrected chi connectivity index (χ1v) is 12.6. The first kappa shape index (κ1) is 25.2. The van der Waals surface area contributed by atoms with Gasteiger partial charge in [0.25, 0.3) is 11.8 Å². The predicted molar refractivity (Wildman–Crippen MR) is 129 cm³/mol. The van der Waals surface area contributed by atoms with Crippen LogP contribution in [0.4, 0.5) is 5.69 Å². The number of hydrogen-bond donors (Lipinski definition) is 2. The van der Waals surface area contributed by atoms with E-state index in [0.717, 1.165) is 35.6 Å². The minimum atomic E-state index is -3.38. The number of hydrogen-bond acceptors (Lipinski definition) is 7. The van der Waals surface area contributed by atoms with Crippen LogP contribution in [0, 0.1) is 0 Å². The summed E-state index contributed by atoms with van der Waals surface area (Å²) in [6, 6.07) is 13.0. The fourth-order valence-corrected chi connectivity index (χ4v) is 3.63. The number of carbonyl (C=O) groups excluding carboxylic acids is 2. The van der Waals surface area contributed by atoms with Crippen molar-refractivity contribution in [2.75, 3.05) is 37.4 Å². The van der Waals surface area contributed by atoms with Gasteiger partial charge < -0.3 is 14.8 Å². The fourth-order valence-electron chi connectivity index (χ4n) is 3.13. The maximum atomic E-state index is 12.2. The summed E-state index contributed by atoms with van der Waals surface area (Å²) in [5.41, 5.74) is 3.93. The van der Waals surface area contributed by atoms with Gasteiger partial charge >= 0.3 is 0 Å². The van der Waals surface area contributed by atoms with Gasteiger partial charge in [-0.15, -0.1) is 0 Å². The second-order valence-corrected chi connectivity index (χ2v) is 9.79. The van der Waals surface area contributed by atoms with Gasteiger partial charge in [0.05, 0.1) is 24.3 Å². The lowest BCUT2D eigenvalue weighted by atomic mass is 10.2. The Bertz CT molecular complexity index is 1110. The molecule has 2 amide bonds. The zero-order valence-electron chi connectivity index (χ0n) is 19.1. The average Bonchev–Trinajstić information content (AvgIpc) is 3.35. The quantitative estimate of drug-likeness (QED) is 0.386. The Hall–Kier alpha value is -3.44. The van der Waals surface area contributed by atoms with Gasteiger partial charge in [-0.25, -0.2) is 13.8 Å². The van der Waals surface area contributed by atoms with Crippen molar-refractivity contribution < 1.29 is 27.5 Å². The van der Waals surface area contributed by atoms with Gasteiger partial charge in [0.1, 0.15) is 5.75 Å². The molecular formula is C23H28N4O6S. The molecule has 1 aliphatic rings. The van der Waals surface area contributed by atoms with Crippen LogP contribution >= 0.6 is 0 Å². The third-order valence-corrected chi connectivity index (χ3v) is 6.38. The van der Waals surface area contributed by atoms with Gasteiger partial charge in [-0.2, -0.15) is 5.10 Å². The smallest absolute Gasteiger partial charge is 0.271 e. The zero-order valence-corrected chi connectivity index (χ0v) is 19.9.